The number of hydrogen-bond acceptors (Lipinski definition) is 2. The lowest BCUT2D eigenvalue weighted by Gasteiger charge is -2.11. The summed E-state index contributed by atoms with van der Waals surface area (Å²) < 4.78 is 9.99. The van der Waals surface area contributed by atoms with Crippen LogP contribution in [-0.2, 0) is 9.47 Å². The lowest BCUT2D eigenvalue weighted by atomic mass is 10.3. The largest absolute Gasteiger partial charge is 0.469 e. The van der Waals surface area contributed by atoms with E-state index in [1.54, 1.807) is 7.11 Å². The topological polar surface area (TPSA) is 18.5 Å². The molecule has 1 rings (SSSR count). The Labute approximate surface area is 54.8 Å². The van der Waals surface area contributed by atoms with Crippen molar-refractivity contribution in [3.8, 4) is 0 Å². The van der Waals surface area contributed by atoms with E-state index >= 15 is 0 Å². The summed E-state index contributed by atoms with van der Waals surface area (Å²) in [6.07, 6.45) is 4.81. The molecule has 0 aromatic carbocycles. The number of methoxy groups -OCH3 is 1. The molecule has 0 amide bonds. The maximum absolute atomic E-state index is 5.14. The summed E-state index contributed by atoms with van der Waals surface area (Å²) in [6, 6.07) is 0. The van der Waals surface area contributed by atoms with Crippen LogP contribution in [0.3, 0.4) is 0 Å². The van der Waals surface area contributed by atoms with Gasteiger partial charge in [-0.3, -0.25) is 0 Å². The van der Waals surface area contributed by atoms with Gasteiger partial charge in [-0.1, -0.05) is 0 Å². The van der Waals surface area contributed by atoms with Crippen molar-refractivity contribution in [3.63, 3.8) is 0 Å². The van der Waals surface area contributed by atoms with E-state index in [0.717, 1.165) is 12.2 Å². The van der Waals surface area contributed by atoms with Crippen molar-refractivity contribution in [3.05, 3.63) is 23.9 Å². The van der Waals surface area contributed by atoms with Crippen LogP contribution in [0.5, 0.6) is 0 Å². The predicted octanol–water partition coefficient (Wildman–Crippen LogP) is 1.80. The first kappa shape index (κ1) is 6.20. The minimum atomic E-state index is 0.606. The van der Waals surface area contributed by atoms with Gasteiger partial charge in [0.15, 0.2) is 0 Å². The fourth-order valence-electron chi connectivity index (χ4n) is 0.688. The molecule has 0 aliphatic carbocycles. The average molecular weight is 126 g/mol. The molecule has 9 heavy (non-hydrogen) atoms. The Morgan fingerprint density at radius 3 is 2.78 bits per heavy atom. The van der Waals surface area contributed by atoms with E-state index < -0.39 is 0 Å². The maximum atomic E-state index is 5.14. The molecule has 0 unspecified atom stereocenters. The maximum Gasteiger partial charge on any atom is 0.280 e. The number of hydrogen-bond donors (Lipinski definition) is 0. The molecular formula is C7H10O2. The highest BCUT2D eigenvalue weighted by atomic mass is 16.7. The highest BCUT2D eigenvalue weighted by molar-refractivity contribution is 5.04. The van der Waals surface area contributed by atoms with Gasteiger partial charge in [0.2, 0.25) is 0 Å². The molecule has 0 aromatic rings. The van der Waals surface area contributed by atoms with Gasteiger partial charge in [-0.2, -0.15) is 0 Å². The predicted molar refractivity (Wildman–Crippen MR) is 34.6 cm³/mol. The molecular weight excluding hydrogens is 116 g/mol. The van der Waals surface area contributed by atoms with Crippen LogP contribution >= 0.6 is 0 Å². The molecule has 0 aromatic heterocycles. The molecule has 0 radical (unpaired) electrons. The Balaban J connectivity index is 2.51. The van der Waals surface area contributed by atoms with E-state index in [2.05, 4.69) is 0 Å². The summed E-state index contributed by atoms with van der Waals surface area (Å²) >= 11 is 0. The highest BCUT2D eigenvalue weighted by Gasteiger charge is 2.01. The third kappa shape index (κ3) is 1.49. The summed E-state index contributed by atoms with van der Waals surface area (Å²) in [5.74, 6) is 1.52. The van der Waals surface area contributed by atoms with Crippen molar-refractivity contribution < 1.29 is 9.47 Å². The second-order valence-corrected chi connectivity index (χ2v) is 1.88. The van der Waals surface area contributed by atoms with Crippen molar-refractivity contribution in [1.82, 2.24) is 0 Å². The van der Waals surface area contributed by atoms with Crippen LogP contribution in [0.1, 0.15) is 13.3 Å². The summed E-state index contributed by atoms with van der Waals surface area (Å²) in [5, 5.41) is 0. The van der Waals surface area contributed by atoms with Gasteiger partial charge in [0.1, 0.15) is 5.76 Å². The third-order valence-electron chi connectivity index (χ3n) is 1.15. The van der Waals surface area contributed by atoms with Gasteiger partial charge in [-0.05, 0) is 19.4 Å². The van der Waals surface area contributed by atoms with E-state index in [4.69, 9.17) is 9.47 Å². The molecule has 0 atom stereocenters. The van der Waals surface area contributed by atoms with Crippen LogP contribution in [0.2, 0.25) is 0 Å². The van der Waals surface area contributed by atoms with Crippen molar-refractivity contribution in [2.45, 2.75) is 13.3 Å². The van der Waals surface area contributed by atoms with Gasteiger partial charge in [0.25, 0.3) is 5.95 Å². The Morgan fingerprint density at radius 2 is 2.33 bits per heavy atom. The lowest BCUT2D eigenvalue weighted by molar-refractivity contribution is 0.0992. The van der Waals surface area contributed by atoms with Crippen LogP contribution in [0.15, 0.2) is 23.9 Å². The molecule has 0 fully saturated rings. The van der Waals surface area contributed by atoms with Crippen LogP contribution < -0.4 is 0 Å². The number of ether oxygens (including phenoxy) is 2. The average Bonchev–Trinajstić information content (AvgIpc) is 1.88. The second-order valence-electron chi connectivity index (χ2n) is 1.88. The Kier molecular flexibility index (Phi) is 1.78. The lowest BCUT2D eigenvalue weighted by Crippen LogP contribution is -1.96. The first-order valence-electron chi connectivity index (χ1n) is 2.91. The minimum absolute atomic E-state index is 0.606. The Morgan fingerprint density at radius 1 is 1.56 bits per heavy atom. The van der Waals surface area contributed by atoms with Crippen molar-refractivity contribution >= 4 is 0 Å². The molecule has 2 nitrogen and oxygen atoms in total. The molecule has 50 valence electrons. The van der Waals surface area contributed by atoms with Crippen LogP contribution in [-0.4, -0.2) is 7.11 Å². The molecule has 0 N–H and O–H groups in total. The van der Waals surface area contributed by atoms with Gasteiger partial charge in [-0.25, -0.2) is 0 Å². The van der Waals surface area contributed by atoms with Crippen molar-refractivity contribution in [2.24, 2.45) is 0 Å². The number of rotatable bonds is 1. The molecule has 1 heterocycles. The van der Waals surface area contributed by atoms with E-state index in [1.165, 1.54) is 0 Å². The van der Waals surface area contributed by atoms with Gasteiger partial charge in [-0.15, -0.1) is 0 Å². The molecule has 0 saturated heterocycles. The van der Waals surface area contributed by atoms with Crippen LogP contribution in [0, 0.1) is 0 Å². The van der Waals surface area contributed by atoms with Crippen molar-refractivity contribution in [1.29, 1.82) is 0 Å². The Hall–Kier alpha value is -0.920. The Bertz CT molecular complexity index is 156. The molecule has 0 saturated carbocycles. The van der Waals surface area contributed by atoms with Gasteiger partial charge >= 0.3 is 0 Å². The van der Waals surface area contributed by atoms with E-state index in [9.17, 15) is 0 Å². The first-order valence-corrected chi connectivity index (χ1v) is 2.91. The zero-order valence-corrected chi connectivity index (χ0v) is 5.68. The molecule has 0 bridgehead atoms. The minimum Gasteiger partial charge on any atom is -0.469 e. The zero-order valence-electron chi connectivity index (χ0n) is 5.68. The summed E-state index contributed by atoms with van der Waals surface area (Å²) in [7, 11) is 1.60. The van der Waals surface area contributed by atoms with E-state index in [0.29, 0.717) is 5.95 Å². The fourth-order valence-corrected chi connectivity index (χ4v) is 0.688. The van der Waals surface area contributed by atoms with E-state index in [1.807, 2.05) is 19.1 Å². The van der Waals surface area contributed by atoms with Crippen LogP contribution in [0.25, 0.3) is 0 Å². The first-order chi connectivity index (χ1) is 4.33. The SMILES string of the molecule is COC1=CCC=C(C)O1. The van der Waals surface area contributed by atoms with Crippen LogP contribution in [0.4, 0.5) is 0 Å². The smallest absolute Gasteiger partial charge is 0.280 e. The third-order valence-corrected chi connectivity index (χ3v) is 1.15. The fraction of sp³-hybridized carbons (Fsp3) is 0.429. The molecule has 1 aliphatic rings. The molecule has 0 spiro atoms. The van der Waals surface area contributed by atoms with Gasteiger partial charge in [0, 0.05) is 6.08 Å². The summed E-state index contributed by atoms with van der Waals surface area (Å²) in [5.41, 5.74) is 0. The molecule has 2 heteroatoms. The zero-order chi connectivity index (χ0) is 6.69. The highest BCUT2D eigenvalue weighted by Crippen LogP contribution is 2.13. The van der Waals surface area contributed by atoms with Crippen molar-refractivity contribution in [2.75, 3.05) is 7.11 Å². The summed E-state index contributed by atoms with van der Waals surface area (Å²) in [6.45, 7) is 1.91. The van der Waals surface area contributed by atoms with E-state index in [-0.39, 0.29) is 0 Å². The normalized spacial score (nSPS) is 17.6. The van der Waals surface area contributed by atoms with Gasteiger partial charge in [0.05, 0.1) is 7.11 Å². The second kappa shape index (κ2) is 2.58. The summed E-state index contributed by atoms with van der Waals surface area (Å²) in [4.78, 5) is 0. The number of allylic oxidation sites excluding steroid dienone is 3. The standard InChI is InChI=1S/C7H10O2/c1-6-4-3-5-7(8-2)9-6/h4-5H,3H2,1-2H3. The molecule has 1 aliphatic heterocycles. The quantitative estimate of drug-likeness (QED) is 0.533. The van der Waals surface area contributed by atoms with Gasteiger partial charge < -0.3 is 9.47 Å². The monoisotopic (exact) mass is 126 g/mol.